The Kier molecular flexibility index (Phi) is 6.94. The highest BCUT2D eigenvalue weighted by molar-refractivity contribution is 6.37. The lowest BCUT2D eigenvalue weighted by Crippen LogP contribution is -2.20. The number of carbonyl (C=O) groups excluding carboxylic acids is 1. The van der Waals surface area contributed by atoms with E-state index in [4.69, 9.17) is 27.9 Å². The highest BCUT2D eigenvalue weighted by Crippen LogP contribution is 2.33. The van der Waals surface area contributed by atoms with Crippen LogP contribution in [0.2, 0.25) is 10.0 Å². The molecule has 0 aliphatic carbocycles. The van der Waals surface area contributed by atoms with E-state index in [1.165, 1.54) is 24.4 Å². The Balaban J connectivity index is 2.03. The number of halogens is 2. The lowest BCUT2D eigenvalue weighted by atomic mass is 10.1. The second-order valence-electron chi connectivity index (χ2n) is 5.10. The van der Waals surface area contributed by atoms with Gasteiger partial charge in [-0.3, -0.25) is 14.9 Å². The first kappa shape index (κ1) is 19.7. The Morgan fingerprint density at radius 2 is 1.96 bits per heavy atom. The molecule has 9 heteroatoms. The summed E-state index contributed by atoms with van der Waals surface area (Å²) in [5.74, 6) is -0.105. The van der Waals surface area contributed by atoms with Crippen molar-refractivity contribution in [3.63, 3.8) is 0 Å². The molecule has 2 aromatic rings. The molecule has 0 saturated heterocycles. The number of para-hydroxylation sites is 1. The van der Waals surface area contributed by atoms with Gasteiger partial charge in [0.15, 0.2) is 5.75 Å². The van der Waals surface area contributed by atoms with Crippen molar-refractivity contribution in [3.05, 3.63) is 67.7 Å². The molecule has 136 valence electrons. The Morgan fingerprint density at radius 1 is 1.31 bits per heavy atom. The van der Waals surface area contributed by atoms with Gasteiger partial charge in [-0.05, 0) is 24.6 Å². The van der Waals surface area contributed by atoms with Gasteiger partial charge in [0, 0.05) is 11.6 Å². The number of nitrogens with zero attached hydrogens (tertiary/aromatic N) is 2. The summed E-state index contributed by atoms with van der Waals surface area (Å²) >= 11 is 12.2. The van der Waals surface area contributed by atoms with Crippen molar-refractivity contribution >= 4 is 41.0 Å². The number of nitrogens with one attached hydrogen (secondary N) is 1. The van der Waals surface area contributed by atoms with E-state index in [0.717, 1.165) is 0 Å². The minimum atomic E-state index is -0.532. The Hall–Kier alpha value is -2.64. The molecule has 0 aliphatic heterocycles. The third kappa shape index (κ3) is 5.18. The molecular weight excluding hydrogens is 381 g/mol. The largest absolute Gasteiger partial charge is 0.491 e. The monoisotopic (exact) mass is 395 g/mol. The number of rotatable bonds is 7. The van der Waals surface area contributed by atoms with Crippen LogP contribution in [-0.2, 0) is 11.2 Å². The number of hydrogen-bond acceptors (Lipinski definition) is 5. The summed E-state index contributed by atoms with van der Waals surface area (Å²) in [6, 6.07) is 9.22. The van der Waals surface area contributed by atoms with Crippen molar-refractivity contribution in [2.24, 2.45) is 5.10 Å². The van der Waals surface area contributed by atoms with E-state index in [9.17, 15) is 14.9 Å². The third-order valence-electron chi connectivity index (χ3n) is 3.25. The van der Waals surface area contributed by atoms with E-state index in [-0.39, 0.29) is 12.1 Å². The van der Waals surface area contributed by atoms with Gasteiger partial charge in [0.05, 0.1) is 34.2 Å². The number of nitro benzene ring substituents is 1. The summed E-state index contributed by atoms with van der Waals surface area (Å²) in [4.78, 5) is 22.3. The predicted octanol–water partition coefficient (Wildman–Crippen LogP) is 3.99. The van der Waals surface area contributed by atoms with E-state index in [1.54, 1.807) is 18.2 Å². The number of nitro groups is 1. The number of hydrogen-bond donors (Lipinski definition) is 1. The quantitative estimate of drug-likeness (QED) is 0.435. The van der Waals surface area contributed by atoms with Crippen LogP contribution < -0.4 is 10.2 Å². The number of amides is 1. The van der Waals surface area contributed by atoms with E-state index >= 15 is 0 Å². The van der Waals surface area contributed by atoms with Crippen LogP contribution in [0.25, 0.3) is 0 Å². The van der Waals surface area contributed by atoms with Crippen molar-refractivity contribution in [2.75, 3.05) is 6.61 Å². The zero-order valence-electron chi connectivity index (χ0n) is 13.7. The van der Waals surface area contributed by atoms with E-state index in [0.29, 0.717) is 33.5 Å². The van der Waals surface area contributed by atoms with Gasteiger partial charge in [-0.1, -0.05) is 41.4 Å². The Bertz CT molecular complexity index is 833. The molecule has 0 fully saturated rings. The van der Waals surface area contributed by atoms with Crippen LogP contribution >= 0.6 is 23.2 Å². The topological polar surface area (TPSA) is 93.8 Å². The van der Waals surface area contributed by atoms with E-state index in [1.807, 2.05) is 6.92 Å². The second-order valence-corrected chi connectivity index (χ2v) is 5.92. The first-order valence-corrected chi connectivity index (χ1v) is 8.34. The average molecular weight is 396 g/mol. The van der Waals surface area contributed by atoms with Crippen molar-refractivity contribution in [2.45, 2.75) is 13.3 Å². The zero-order chi connectivity index (χ0) is 19.1. The molecule has 2 aromatic carbocycles. The molecule has 0 radical (unpaired) electrons. The van der Waals surface area contributed by atoms with Crippen LogP contribution in [0.5, 0.6) is 5.75 Å². The van der Waals surface area contributed by atoms with Gasteiger partial charge in [0.2, 0.25) is 5.91 Å². The molecule has 7 nitrogen and oxygen atoms in total. The van der Waals surface area contributed by atoms with Gasteiger partial charge in [-0.2, -0.15) is 5.10 Å². The number of ether oxygens (including phenoxy) is 1. The van der Waals surface area contributed by atoms with Gasteiger partial charge in [-0.25, -0.2) is 5.43 Å². The summed E-state index contributed by atoms with van der Waals surface area (Å²) in [5, 5.41) is 15.4. The van der Waals surface area contributed by atoms with Gasteiger partial charge in [0.1, 0.15) is 0 Å². The normalized spacial score (nSPS) is 10.7. The van der Waals surface area contributed by atoms with Crippen LogP contribution in [-0.4, -0.2) is 23.7 Å². The fourth-order valence-electron chi connectivity index (χ4n) is 2.17. The van der Waals surface area contributed by atoms with Crippen molar-refractivity contribution in [3.8, 4) is 5.75 Å². The van der Waals surface area contributed by atoms with Crippen LogP contribution in [0, 0.1) is 10.1 Å². The van der Waals surface area contributed by atoms with Crippen molar-refractivity contribution in [1.82, 2.24) is 5.43 Å². The molecule has 0 aliphatic rings. The average Bonchev–Trinajstić information content (AvgIpc) is 2.58. The van der Waals surface area contributed by atoms with Gasteiger partial charge in [-0.15, -0.1) is 0 Å². The minimum absolute atomic E-state index is 0.114. The molecule has 1 amide bonds. The summed E-state index contributed by atoms with van der Waals surface area (Å²) in [6.45, 7) is 2.24. The molecule has 0 aromatic heterocycles. The molecule has 26 heavy (non-hydrogen) atoms. The fraction of sp³-hybridized carbons (Fsp3) is 0.176. The van der Waals surface area contributed by atoms with Crippen molar-refractivity contribution < 1.29 is 14.5 Å². The third-order valence-corrected chi connectivity index (χ3v) is 3.81. The maximum absolute atomic E-state index is 11.9. The SMILES string of the molecule is CCOc1c(Cl)cc(C=NNC(=O)Cc2ccccc2[N+](=O)[O-])cc1Cl. The van der Waals surface area contributed by atoms with Gasteiger partial charge < -0.3 is 4.74 Å². The molecule has 2 rings (SSSR count). The number of benzene rings is 2. The number of carbonyl (C=O) groups is 1. The van der Waals surface area contributed by atoms with Crippen LogP contribution in [0.1, 0.15) is 18.1 Å². The van der Waals surface area contributed by atoms with Gasteiger partial charge >= 0.3 is 0 Å². The predicted molar refractivity (Wildman–Crippen MR) is 100 cm³/mol. The number of hydrazone groups is 1. The molecule has 0 atom stereocenters. The lowest BCUT2D eigenvalue weighted by molar-refractivity contribution is -0.385. The molecule has 0 spiro atoms. The molecule has 1 N–H and O–H groups in total. The molecule has 0 saturated carbocycles. The standard InChI is InChI=1S/C17H15Cl2N3O4/c1-2-26-17-13(18)7-11(8-14(17)19)10-20-21-16(23)9-12-5-3-4-6-15(12)22(24)25/h3-8,10H,2,9H2,1H3,(H,21,23). The van der Waals surface area contributed by atoms with Crippen LogP contribution in [0.4, 0.5) is 5.69 Å². The highest BCUT2D eigenvalue weighted by Gasteiger charge is 2.15. The first-order valence-electron chi connectivity index (χ1n) is 7.58. The maximum atomic E-state index is 11.9. The summed E-state index contributed by atoms with van der Waals surface area (Å²) in [7, 11) is 0. The first-order chi connectivity index (χ1) is 12.4. The minimum Gasteiger partial charge on any atom is -0.491 e. The van der Waals surface area contributed by atoms with Crippen LogP contribution in [0.3, 0.4) is 0 Å². The van der Waals surface area contributed by atoms with E-state index < -0.39 is 10.8 Å². The Morgan fingerprint density at radius 3 is 2.58 bits per heavy atom. The zero-order valence-corrected chi connectivity index (χ0v) is 15.3. The molecule has 0 unspecified atom stereocenters. The fourth-order valence-corrected chi connectivity index (χ4v) is 2.78. The maximum Gasteiger partial charge on any atom is 0.273 e. The summed E-state index contributed by atoms with van der Waals surface area (Å²) in [6.07, 6.45) is 1.20. The summed E-state index contributed by atoms with van der Waals surface area (Å²) < 4.78 is 5.33. The van der Waals surface area contributed by atoms with Crippen molar-refractivity contribution in [1.29, 1.82) is 0 Å². The van der Waals surface area contributed by atoms with Gasteiger partial charge in [0.25, 0.3) is 5.69 Å². The highest BCUT2D eigenvalue weighted by atomic mass is 35.5. The smallest absolute Gasteiger partial charge is 0.273 e. The van der Waals surface area contributed by atoms with E-state index in [2.05, 4.69) is 10.5 Å². The summed E-state index contributed by atoms with van der Waals surface area (Å²) in [5.41, 5.74) is 3.07. The molecule has 0 bridgehead atoms. The lowest BCUT2D eigenvalue weighted by Gasteiger charge is -2.08. The van der Waals surface area contributed by atoms with Crippen LogP contribution in [0.15, 0.2) is 41.5 Å². The molecular formula is C17H15Cl2N3O4. The second kappa shape index (κ2) is 9.17. The Labute approximate surface area is 159 Å². The molecule has 0 heterocycles.